The molecule has 0 unspecified atom stereocenters. The van der Waals surface area contributed by atoms with Gasteiger partial charge in [-0.1, -0.05) is 30.5 Å². The second kappa shape index (κ2) is 9.83. The smallest absolute Gasteiger partial charge is 0.234 e. The first kappa shape index (κ1) is 20.5. The van der Waals surface area contributed by atoms with E-state index in [0.29, 0.717) is 29.6 Å². The molecule has 9 heteroatoms. The third-order valence-electron chi connectivity index (χ3n) is 4.16. The molecular weight excluding hydrogens is 386 g/mol. The number of likely N-dealkylation sites (N-methyl/N-ethyl adjacent to an activating group) is 1. The predicted octanol–water partition coefficient (Wildman–Crippen LogP) is 2.50. The summed E-state index contributed by atoms with van der Waals surface area (Å²) in [7, 11) is 1.84. The van der Waals surface area contributed by atoms with E-state index in [-0.39, 0.29) is 11.7 Å². The molecule has 0 spiro atoms. The van der Waals surface area contributed by atoms with Crippen molar-refractivity contribution in [2.45, 2.75) is 18.6 Å². The molecule has 0 saturated carbocycles. The number of aromatic nitrogens is 4. The molecule has 8 nitrogen and oxygen atoms in total. The van der Waals surface area contributed by atoms with Crippen LogP contribution >= 0.6 is 11.8 Å². The Morgan fingerprint density at radius 2 is 2.24 bits per heavy atom. The maximum Gasteiger partial charge on any atom is 0.234 e. The average Bonchev–Trinajstić information content (AvgIpc) is 3.18. The Bertz CT molecular complexity index is 962. The molecular formula is C20H23N7OS. The average molecular weight is 410 g/mol. The summed E-state index contributed by atoms with van der Waals surface area (Å²) in [5.41, 5.74) is 2.19. The van der Waals surface area contributed by atoms with Crippen molar-refractivity contribution in [1.82, 2.24) is 30.0 Å². The third-order valence-corrected chi connectivity index (χ3v) is 5.13. The summed E-state index contributed by atoms with van der Waals surface area (Å²) < 4.78 is 1.97. The molecule has 0 atom stereocenters. The lowest BCUT2D eigenvalue weighted by atomic mass is 10.3. The summed E-state index contributed by atoms with van der Waals surface area (Å²) >= 11 is 1.34. The summed E-state index contributed by atoms with van der Waals surface area (Å²) in [6.07, 6.45) is 10.8. The van der Waals surface area contributed by atoms with Crippen LogP contribution in [0.4, 0.5) is 0 Å². The summed E-state index contributed by atoms with van der Waals surface area (Å²) in [4.78, 5) is 22.7. The maximum absolute atomic E-state index is 12.5. The summed E-state index contributed by atoms with van der Waals surface area (Å²) in [6.45, 7) is 7.32. The number of aliphatic imine (C=N–C) groups is 1. The number of thioether (sulfide) groups is 1. The van der Waals surface area contributed by atoms with Crippen LogP contribution in [0.1, 0.15) is 6.92 Å². The number of nitrogens with zero attached hydrogens (tertiary/aromatic N) is 6. The zero-order chi connectivity index (χ0) is 20.6. The highest BCUT2D eigenvalue weighted by molar-refractivity contribution is 7.99. The van der Waals surface area contributed by atoms with E-state index >= 15 is 0 Å². The Morgan fingerprint density at radius 3 is 3.00 bits per heavy atom. The molecule has 0 aliphatic carbocycles. The number of hydrogen-bond donors (Lipinski definition) is 1. The molecule has 0 aromatic carbocycles. The van der Waals surface area contributed by atoms with Gasteiger partial charge in [0.05, 0.1) is 30.0 Å². The van der Waals surface area contributed by atoms with E-state index in [1.807, 2.05) is 48.9 Å². The van der Waals surface area contributed by atoms with Crippen LogP contribution < -0.4 is 5.32 Å². The van der Waals surface area contributed by atoms with Crippen molar-refractivity contribution in [1.29, 1.82) is 0 Å². The first-order valence-corrected chi connectivity index (χ1v) is 10.1. The van der Waals surface area contributed by atoms with Gasteiger partial charge in [-0.05, 0) is 25.1 Å². The van der Waals surface area contributed by atoms with Gasteiger partial charge in [0.15, 0.2) is 11.0 Å². The van der Waals surface area contributed by atoms with Gasteiger partial charge in [0, 0.05) is 31.5 Å². The van der Waals surface area contributed by atoms with E-state index in [2.05, 4.69) is 32.1 Å². The molecule has 3 rings (SSSR count). The molecule has 0 bridgehead atoms. The number of carbonyl (C=O) groups excluding carboxylic acids is 1. The molecule has 1 aliphatic rings. The van der Waals surface area contributed by atoms with E-state index in [1.165, 1.54) is 11.8 Å². The highest BCUT2D eigenvalue weighted by Crippen LogP contribution is 2.23. The van der Waals surface area contributed by atoms with E-state index in [9.17, 15) is 4.79 Å². The van der Waals surface area contributed by atoms with E-state index in [1.54, 1.807) is 23.6 Å². The zero-order valence-corrected chi connectivity index (χ0v) is 17.3. The lowest BCUT2D eigenvalue weighted by Gasteiger charge is -2.19. The fourth-order valence-electron chi connectivity index (χ4n) is 2.63. The zero-order valence-electron chi connectivity index (χ0n) is 16.4. The minimum absolute atomic E-state index is 0.144. The van der Waals surface area contributed by atoms with Gasteiger partial charge >= 0.3 is 0 Å². The van der Waals surface area contributed by atoms with Crippen LogP contribution in [0.15, 0.2) is 70.9 Å². The van der Waals surface area contributed by atoms with Crippen molar-refractivity contribution < 1.29 is 4.79 Å². The van der Waals surface area contributed by atoms with Crippen molar-refractivity contribution in [2.75, 3.05) is 19.3 Å². The fourth-order valence-corrected chi connectivity index (χ4v) is 3.43. The van der Waals surface area contributed by atoms with Gasteiger partial charge in [0.1, 0.15) is 0 Å². The molecule has 2 aromatic heterocycles. The standard InChI is InChI=1S/C20H23N7OS/c1-4-27-19(16-8-7-11-21-12-16)24-25-20(27)29-13-18(28)23-17-9-5-6-10-22-14-26(3)15(17)2/h5-9,11-12,14H,2,4,10,13H2,1,3H3,(H,23,28)/b6-5-,17-9+,22-14-. The third kappa shape index (κ3) is 5.20. The van der Waals surface area contributed by atoms with Crippen molar-refractivity contribution in [3.05, 3.63) is 60.7 Å². The van der Waals surface area contributed by atoms with Crippen LogP contribution in [0.3, 0.4) is 0 Å². The number of carbonyl (C=O) groups is 1. The van der Waals surface area contributed by atoms with Crippen LogP contribution in [-0.2, 0) is 11.3 Å². The van der Waals surface area contributed by atoms with Gasteiger partial charge in [-0.2, -0.15) is 0 Å². The predicted molar refractivity (Wildman–Crippen MR) is 115 cm³/mol. The number of allylic oxidation sites excluding steroid dienone is 2. The minimum Gasteiger partial charge on any atom is -0.335 e. The molecule has 0 radical (unpaired) electrons. The quantitative estimate of drug-likeness (QED) is 0.738. The summed E-state index contributed by atoms with van der Waals surface area (Å²) in [6, 6.07) is 3.80. The van der Waals surface area contributed by atoms with Crippen molar-refractivity contribution in [3.63, 3.8) is 0 Å². The summed E-state index contributed by atoms with van der Waals surface area (Å²) in [5.74, 6) is 0.799. The topological polar surface area (TPSA) is 88.3 Å². The second-order valence-corrected chi connectivity index (χ2v) is 7.12. The molecule has 1 N–H and O–H groups in total. The lowest BCUT2D eigenvalue weighted by molar-refractivity contribution is -0.117. The van der Waals surface area contributed by atoms with Crippen molar-refractivity contribution >= 4 is 24.0 Å². The number of hydrogen-bond acceptors (Lipinski definition) is 7. The summed E-state index contributed by atoms with van der Waals surface area (Å²) in [5, 5.41) is 12.1. The monoisotopic (exact) mass is 409 g/mol. The molecule has 0 saturated heterocycles. The molecule has 29 heavy (non-hydrogen) atoms. The lowest BCUT2D eigenvalue weighted by Crippen LogP contribution is -2.29. The number of amides is 1. The van der Waals surface area contributed by atoms with E-state index in [4.69, 9.17) is 0 Å². The first-order valence-electron chi connectivity index (χ1n) is 9.15. The molecule has 150 valence electrons. The minimum atomic E-state index is -0.144. The molecule has 3 heterocycles. The Morgan fingerprint density at radius 1 is 1.38 bits per heavy atom. The Balaban J connectivity index is 1.67. The molecule has 1 amide bonds. The van der Waals surface area contributed by atoms with Crippen molar-refractivity contribution in [2.24, 2.45) is 4.99 Å². The number of rotatable bonds is 6. The number of pyridine rings is 1. The Labute approximate surface area is 174 Å². The highest BCUT2D eigenvalue weighted by atomic mass is 32.2. The Kier molecular flexibility index (Phi) is 6.96. The van der Waals surface area contributed by atoms with Gasteiger partial charge in [-0.25, -0.2) is 0 Å². The van der Waals surface area contributed by atoms with Crippen LogP contribution in [0, 0.1) is 0 Å². The van der Waals surface area contributed by atoms with E-state index in [0.717, 1.165) is 11.4 Å². The maximum atomic E-state index is 12.5. The normalized spacial score (nSPS) is 18.2. The fraction of sp³-hybridized carbons (Fsp3) is 0.250. The highest BCUT2D eigenvalue weighted by Gasteiger charge is 2.16. The van der Waals surface area contributed by atoms with Crippen molar-refractivity contribution in [3.8, 4) is 11.4 Å². The second-order valence-electron chi connectivity index (χ2n) is 6.18. The number of nitrogens with one attached hydrogen (secondary N) is 1. The first-order chi connectivity index (χ1) is 14.1. The Hall–Kier alpha value is -3.20. The van der Waals surface area contributed by atoms with Crippen LogP contribution in [0.25, 0.3) is 11.4 Å². The van der Waals surface area contributed by atoms with Crippen LogP contribution in [0.5, 0.6) is 0 Å². The van der Waals surface area contributed by atoms with Gasteiger partial charge in [0.25, 0.3) is 0 Å². The molecule has 2 aromatic rings. The van der Waals surface area contributed by atoms with Gasteiger partial charge in [-0.15, -0.1) is 10.2 Å². The van der Waals surface area contributed by atoms with Gasteiger partial charge < -0.3 is 14.8 Å². The largest absolute Gasteiger partial charge is 0.335 e. The van der Waals surface area contributed by atoms with E-state index < -0.39 is 0 Å². The van der Waals surface area contributed by atoms with Crippen LogP contribution in [-0.4, -0.2) is 56.2 Å². The van der Waals surface area contributed by atoms with Gasteiger partial charge in [-0.3, -0.25) is 14.8 Å². The van der Waals surface area contributed by atoms with Crippen LogP contribution in [0.2, 0.25) is 0 Å². The molecule has 0 fully saturated rings. The molecule has 1 aliphatic heterocycles. The van der Waals surface area contributed by atoms with Gasteiger partial charge in [0.2, 0.25) is 5.91 Å². The SMILES string of the molecule is C=C1/C(NC(=O)CSc2nnc(-c3cccnc3)n2CC)=C\C=C/C/N=C\N1C.